The third-order valence-electron chi connectivity index (χ3n) is 5.65. The lowest BCUT2D eigenvalue weighted by Crippen LogP contribution is -2.46. The molecule has 0 spiro atoms. The van der Waals surface area contributed by atoms with Crippen LogP contribution in [0, 0.1) is 18.3 Å². The molecule has 2 bridgehead atoms. The minimum atomic E-state index is 0.450. The van der Waals surface area contributed by atoms with E-state index in [0.717, 1.165) is 30.8 Å². The van der Waals surface area contributed by atoms with Crippen LogP contribution in [-0.2, 0) is 6.54 Å². The third kappa shape index (κ3) is 3.38. The minimum Gasteiger partial charge on any atom is -0.367 e. The van der Waals surface area contributed by atoms with Crippen LogP contribution < -0.4 is 5.32 Å². The number of anilines is 1. The predicted octanol–water partition coefficient (Wildman–Crippen LogP) is 3.87. The molecule has 0 amide bonds. The van der Waals surface area contributed by atoms with Gasteiger partial charge < -0.3 is 5.32 Å². The zero-order valence-electron chi connectivity index (χ0n) is 14.7. The molecule has 2 aliphatic heterocycles. The number of pyridine rings is 1. The number of nitrogens with zero attached hydrogens (tertiary/aromatic N) is 3. The van der Waals surface area contributed by atoms with Crippen LogP contribution in [0.4, 0.5) is 5.82 Å². The molecular weight excluding hydrogens is 308 g/mol. The summed E-state index contributed by atoms with van der Waals surface area (Å²) in [6.07, 6.45) is 4.89. The normalized spacial score (nSPS) is 25.5. The zero-order valence-corrected chi connectivity index (χ0v) is 14.7. The molecule has 3 heterocycles. The van der Waals surface area contributed by atoms with Gasteiger partial charge in [-0.15, -0.1) is 0 Å². The van der Waals surface area contributed by atoms with Crippen molar-refractivity contribution in [1.82, 2.24) is 9.88 Å². The van der Waals surface area contributed by atoms with E-state index in [-0.39, 0.29) is 0 Å². The van der Waals surface area contributed by atoms with Crippen LogP contribution in [0.3, 0.4) is 0 Å². The number of aryl methyl sites for hydroxylation is 1. The largest absolute Gasteiger partial charge is 0.367 e. The van der Waals surface area contributed by atoms with Crippen molar-refractivity contribution in [2.75, 3.05) is 5.32 Å². The highest BCUT2D eigenvalue weighted by atomic mass is 15.2. The van der Waals surface area contributed by atoms with Crippen molar-refractivity contribution in [3.8, 4) is 6.07 Å². The van der Waals surface area contributed by atoms with E-state index in [1.54, 1.807) is 0 Å². The molecular formula is C21H24N4. The number of piperidine rings is 1. The quantitative estimate of drug-likeness (QED) is 0.923. The molecule has 4 nitrogen and oxygen atoms in total. The van der Waals surface area contributed by atoms with E-state index in [2.05, 4.69) is 51.6 Å². The summed E-state index contributed by atoms with van der Waals surface area (Å²) in [4.78, 5) is 7.15. The second-order valence-corrected chi connectivity index (χ2v) is 7.33. The summed E-state index contributed by atoms with van der Waals surface area (Å²) >= 11 is 0. The van der Waals surface area contributed by atoms with Crippen LogP contribution in [0.5, 0.6) is 0 Å². The van der Waals surface area contributed by atoms with Gasteiger partial charge in [-0.25, -0.2) is 4.98 Å². The lowest BCUT2D eigenvalue weighted by atomic mass is 9.96. The molecule has 2 atom stereocenters. The first-order valence-electron chi connectivity index (χ1n) is 9.17. The number of hydrogen-bond donors (Lipinski definition) is 1. The van der Waals surface area contributed by atoms with Crippen LogP contribution in [0.25, 0.3) is 0 Å². The van der Waals surface area contributed by atoms with Gasteiger partial charge in [0.1, 0.15) is 17.6 Å². The number of nitriles is 1. The Labute approximate surface area is 149 Å². The van der Waals surface area contributed by atoms with E-state index in [1.807, 2.05) is 19.1 Å². The van der Waals surface area contributed by atoms with Crippen molar-refractivity contribution in [2.45, 2.75) is 57.3 Å². The Bertz CT molecular complexity index is 766. The molecule has 2 fully saturated rings. The maximum absolute atomic E-state index is 9.17. The van der Waals surface area contributed by atoms with Gasteiger partial charge in [0.15, 0.2) is 0 Å². The highest BCUT2D eigenvalue weighted by molar-refractivity contribution is 5.43. The average molecular weight is 332 g/mol. The Morgan fingerprint density at radius 2 is 1.84 bits per heavy atom. The number of hydrogen-bond acceptors (Lipinski definition) is 4. The first-order valence-corrected chi connectivity index (χ1v) is 9.17. The SMILES string of the molecule is Cc1ccc(NC2CC3CCC(C2)N3Cc2ccccc2)nc1C#N. The Balaban J connectivity index is 1.42. The fraction of sp³-hybridized carbons (Fsp3) is 0.429. The van der Waals surface area contributed by atoms with Gasteiger partial charge in [-0.3, -0.25) is 4.90 Å². The molecule has 4 heteroatoms. The van der Waals surface area contributed by atoms with Crippen molar-refractivity contribution < 1.29 is 0 Å². The Hall–Kier alpha value is -2.38. The molecule has 25 heavy (non-hydrogen) atoms. The van der Waals surface area contributed by atoms with Gasteiger partial charge in [0.25, 0.3) is 0 Å². The van der Waals surface area contributed by atoms with E-state index in [9.17, 15) is 5.26 Å². The monoisotopic (exact) mass is 332 g/mol. The van der Waals surface area contributed by atoms with Gasteiger partial charge in [-0.05, 0) is 49.8 Å². The van der Waals surface area contributed by atoms with E-state index in [4.69, 9.17) is 0 Å². The zero-order chi connectivity index (χ0) is 17.2. The molecule has 2 unspecified atom stereocenters. The second-order valence-electron chi connectivity index (χ2n) is 7.33. The summed E-state index contributed by atoms with van der Waals surface area (Å²) < 4.78 is 0. The smallest absolute Gasteiger partial charge is 0.145 e. The highest BCUT2D eigenvalue weighted by Crippen LogP contribution is 2.37. The minimum absolute atomic E-state index is 0.450. The van der Waals surface area contributed by atoms with Crippen molar-refractivity contribution in [3.63, 3.8) is 0 Å². The molecule has 1 aromatic heterocycles. The maximum Gasteiger partial charge on any atom is 0.145 e. The summed E-state index contributed by atoms with van der Waals surface area (Å²) in [5.74, 6) is 0.836. The molecule has 1 aromatic carbocycles. The van der Waals surface area contributed by atoms with E-state index >= 15 is 0 Å². The van der Waals surface area contributed by atoms with Gasteiger partial charge >= 0.3 is 0 Å². The number of rotatable bonds is 4. The molecule has 0 radical (unpaired) electrons. The molecule has 2 saturated heterocycles. The molecule has 1 N–H and O–H groups in total. The second kappa shape index (κ2) is 6.85. The van der Waals surface area contributed by atoms with Gasteiger partial charge in [0.05, 0.1) is 0 Å². The van der Waals surface area contributed by atoms with Crippen LogP contribution in [0.2, 0.25) is 0 Å². The predicted molar refractivity (Wildman–Crippen MR) is 99.1 cm³/mol. The van der Waals surface area contributed by atoms with Crippen LogP contribution in [0.15, 0.2) is 42.5 Å². The number of fused-ring (bicyclic) bond motifs is 2. The summed E-state index contributed by atoms with van der Waals surface area (Å²) in [6, 6.07) is 18.7. The maximum atomic E-state index is 9.17. The number of nitrogens with one attached hydrogen (secondary N) is 1. The van der Waals surface area contributed by atoms with Crippen molar-refractivity contribution in [3.05, 3.63) is 59.3 Å². The van der Waals surface area contributed by atoms with Gasteiger partial charge in [0.2, 0.25) is 0 Å². The Morgan fingerprint density at radius 3 is 2.52 bits per heavy atom. The molecule has 128 valence electrons. The van der Waals surface area contributed by atoms with Gasteiger partial charge in [0, 0.05) is 24.7 Å². The van der Waals surface area contributed by atoms with E-state index < -0.39 is 0 Å². The Morgan fingerprint density at radius 1 is 1.12 bits per heavy atom. The molecule has 2 aromatic rings. The average Bonchev–Trinajstić information content (AvgIpc) is 2.87. The lowest BCUT2D eigenvalue weighted by Gasteiger charge is -2.39. The fourth-order valence-corrected chi connectivity index (χ4v) is 4.38. The summed E-state index contributed by atoms with van der Waals surface area (Å²) in [6.45, 7) is 2.99. The summed E-state index contributed by atoms with van der Waals surface area (Å²) in [5, 5.41) is 12.7. The summed E-state index contributed by atoms with van der Waals surface area (Å²) in [7, 11) is 0. The first kappa shape index (κ1) is 16.1. The standard InChI is InChI=1S/C21H24N4/c1-15-7-10-21(24-20(15)13-22)23-17-11-18-8-9-19(12-17)25(18)14-16-5-3-2-4-6-16/h2-7,10,17-19H,8-9,11-12,14H2,1H3,(H,23,24). The van der Waals surface area contributed by atoms with E-state index in [0.29, 0.717) is 23.8 Å². The summed E-state index contributed by atoms with van der Waals surface area (Å²) in [5.41, 5.74) is 2.87. The van der Waals surface area contributed by atoms with Crippen molar-refractivity contribution in [1.29, 1.82) is 5.26 Å². The van der Waals surface area contributed by atoms with Gasteiger partial charge in [-0.1, -0.05) is 36.4 Å². The molecule has 4 rings (SSSR count). The Kier molecular flexibility index (Phi) is 4.42. The van der Waals surface area contributed by atoms with Crippen LogP contribution >= 0.6 is 0 Å². The molecule has 2 aliphatic rings. The van der Waals surface area contributed by atoms with Crippen molar-refractivity contribution in [2.24, 2.45) is 0 Å². The lowest BCUT2D eigenvalue weighted by molar-refractivity contribution is 0.124. The number of benzene rings is 1. The van der Waals surface area contributed by atoms with E-state index in [1.165, 1.54) is 18.4 Å². The van der Waals surface area contributed by atoms with Crippen molar-refractivity contribution >= 4 is 5.82 Å². The topological polar surface area (TPSA) is 52.0 Å². The third-order valence-corrected chi connectivity index (χ3v) is 5.65. The number of aromatic nitrogens is 1. The first-order chi connectivity index (χ1) is 12.2. The highest BCUT2D eigenvalue weighted by Gasteiger charge is 2.40. The molecule has 0 saturated carbocycles. The molecule has 0 aliphatic carbocycles. The van der Waals surface area contributed by atoms with Crippen LogP contribution in [0.1, 0.15) is 42.5 Å². The van der Waals surface area contributed by atoms with Crippen LogP contribution in [-0.4, -0.2) is 28.0 Å². The fourth-order valence-electron chi connectivity index (χ4n) is 4.38. The van der Waals surface area contributed by atoms with Gasteiger partial charge in [-0.2, -0.15) is 5.26 Å².